The van der Waals surface area contributed by atoms with Crippen molar-refractivity contribution in [3.63, 3.8) is 0 Å². The van der Waals surface area contributed by atoms with Crippen LogP contribution in [0, 0.1) is 0 Å². The maximum absolute atomic E-state index is 11.3. The Bertz CT molecular complexity index is 177. The molecule has 0 spiro atoms. The molecule has 0 N–H and O–H groups in total. The summed E-state index contributed by atoms with van der Waals surface area (Å²) in [5.74, 6) is 1.07. The largest absolute Gasteiger partial charge is 0.465 e. The van der Waals surface area contributed by atoms with Crippen LogP contribution in [-0.2, 0) is 9.53 Å². The van der Waals surface area contributed by atoms with Crippen molar-refractivity contribution in [2.45, 2.75) is 51.7 Å². The quantitative estimate of drug-likeness (QED) is 0.333. The zero-order valence-electron chi connectivity index (χ0n) is 10.4. The van der Waals surface area contributed by atoms with Gasteiger partial charge in [0.25, 0.3) is 0 Å². The summed E-state index contributed by atoms with van der Waals surface area (Å²) in [6, 6.07) is 0. The average Bonchev–Trinajstić information content (AvgIpc) is 2.28. The number of esters is 1. The standard InChI is InChI=1S/C11H22O2S3/c1-4-6-7-8-9-14-16-15-10(3)11(12)13-5-2/h10H,4-9H2,1-3H3. The molecule has 0 saturated carbocycles. The van der Waals surface area contributed by atoms with Gasteiger partial charge in [0.2, 0.25) is 0 Å². The second-order valence-corrected chi connectivity index (χ2v) is 8.04. The van der Waals surface area contributed by atoms with E-state index in [4.69, 9.17) is 4.74 Å². The van der Waals surface area contributed by atoms with E-state index in [1.54, 1.807) is 20.6 Å². The number of carbonyl (C=O) groups excluding carboxylic acids is 1. The molecule has 0 heterocycles. The predicted molar refractivity (Wildman–Crippen MR) is 77.9 cm³/mol. The van der Waals surface area contributed by atoms with E-state index in [-0.39, 0.29) is 11.2 Å². The Kier molecular flexibility index (Phi) is 12.4. The van der Waals surface area contributed by atoms with Crippen molar-refractivity contribution in [2.75, 3.05) is 12.4 Å². The molecule has 0 fully saturated rings. The molecule has 16 heavy (non-hydrogen) atoms. The summed E-state index contributed by atoms with van der Waals surface area (Å²) in [6.07, 6.45) is 5.21. The molecule has 1 unspecified atom stereocenters. The first kappa shape index (κ1) is 16.5. The molecule has 0 aliphatic rings. The number of unbranched alkanes of at least 4 members (excludes halogenated alkanes) is 3. The molecule has 0 aromatic heterocycles. The van der Waals surface area contributed by atoms with Gasteiger partial charge < -0.3 is 4.74 Å². The van der Waals surface area contributed by atoms with Gasteiger partial charge in [0.1, 0.15) is 5.25 Å². The number of rotatable bonds is 10. The van der Waals surface area contributed by atoms with Crippen LogP contribution in [0.3, 0.4) is 0 Å². The summed E-state index contributed by atoms with van der Waals surface area (Å²) in [7, 11) is 5.14. The van der Waals surface area contributed by atoms with Crippen LogP contribution in [0.4, 0.5) is 0 Å². The van der Waals surface area contributed by atoms with Gasteiger partial charge in [-0.3, -0.25) is 4.79 Å². The van der Waals surface area contributed by atoms with Crippen LogP contribution >= 0.6 is 31.4 Å². The molecule has 96 valence electrons. The SMILES string of the molecule is CCCCCCSSSC(C)C(=O)OCC. The van der Waals surface area contributed by atoms with Crippen molar-refractivity contribution in [2.24, 2.45) is 0 Å². The van der Waals surface area contributed by atoms with Gasteiger partial charge in [-0.2, -0.15) is 0 Å². The van der Waals surface area contributed by atoms with E-state index in [1.165, 1.54) is 31.4 Å². The maximum Gasteiger partial charge on any atom is 0.319 e. The predicted octanol–water partition coefficient (Wildman–Crippen LogP) is 4.55. The highest BCUT2D eigenvalue weighted by atomic mass is 33.5. The molecule has 0 aromatic rings. The third-order valence-electron chi connectivity index (χ3n) is 1.93. The van der Waals surface area contributed by atoms with Gasteiger partial charge in [-0.15, -0.1) is 0 Å². The van der Waals surface area contributed by atoms with E-state index in [2.05, 4.69) is 6.92 Å². The topological polar surface area (TPSA) is 26.3 Å². The Morgan fingerprint density at radius 1 is 1.25 bits per heavy atom. The van der Waals surface area contributed by atoms with Crippen LogP contribution in [0.1, 0.15) is 46.5 Å². The van der Waals surface area contributed by atoms with Gasteiger partial charge in [-0.1, -0.05) is 47.8 Å². The van der Waals surface area contributed by atoms with Gasteiger partial charge in [0.05, 0.1) is 6.61 Å². The lowest BCUT2D eigenvalue weighted by Crippen LogP contribution is -2.15. The lowest BCUT2D eigenvalue weighted by Gasteiger charge is -2.08. The maximum atomic E-state index is 11.3. The second kappa shape index (κ2) is 12.0. The van der Waals surface area contributed by atoms with Gasteiger partial charge in [-0.25, -0.2) is 0 Å². The van der Waals surface area contributed by atoms with Crippen molar-refractivity contribution in [3.8, 4) is 0 Å². The second-order valence-electron chi connectivity index (χ2n) is 3.44. The summed E-state index contributed by atoms with van der Waals surface area (Å²) >= 11 is 0. The van der Waals surface area contributed by atoms with E-state index < -0.39 is 0 Å². The summed E-state index contributed by atoms with van der Waals surface area (Å²) < 4.78 is 4.93. The minimum atomic E-state index is -0.105. The molecule has 0 saturated heterocycles. The van der Waals surface area contributed by atoms with Crippen molar-refractivity contribution in [3.05, 3.63) is 0 Å². The average molecular weight is 282 g/mol. The van der Waals surface area contributed by atoms with Crippen molar-refractivity contribution < 1.29 is 9.53 Å². The third kappa shape index (κ3) is 9.73. The monoisotopic (exact) mass is 282 g/mol. The van der Waals surface area contributed by atoms with E-state index in [0.717, 1.165) is 0 Å². The first-order chi connectivity index (χ1) is 7.72. The Morgan fingerprint density at radius 2 is 2.00 bits per heavy atom. The van der Waals surface area contributed by atoms with Crippen LogP contribution in [-0.4, -0.2) is 23.6 Å². The van der Waals surface area contributed by atoms with Crippen molar-refractivity contribution in [1.29, 1.82) is 0 Å². The number of carbonyl (C=O) groups is 1. The van der Waals surface area contributed by atoms with Gasteiger partial charge in [-0.05, 0) is 30.1 Å². The molecule has 2 nitrogen and oxygen atoms in total. The van der Waals surface area contributed by atoms with Crippen molar-refractivity contribution in [1.82, 2.24) is 0 Å². The fourth-order valence-electron chi connectivity index (χ4n) is 1.01. The van der Waals surface area contributed by atoms with Crippen LogP contribution in [0.25, 0.3) is 0 Å². The van der Waals surface area contributed by atoms with Crippen LogP contribution in [0.15, 0.2) is 0 Å². The van der Waals surface area contributed by atoms with Crippen molar-refractivity contribution >= 4 is 37.4 Å². The summed E-state index contributed by atoms with van der Waals surface area (Å²) in [5, 5.41) is -0.0620. The van der Waals surface area contributed by atoms with Crippen LogP contribution < -0.4 is 0 Å². The highest BCUT2D eigenvalue weighted by Gasteiger charge is 2.14. The molecular formula is C11H22O2S3. The molecule has 5 heteroatoms. The molecule has 0 radical (unpaired) electrons. The highest BCUT2D eigenvalue weighted by Crippen LogP contribution is 2.38. The summed E-state index contributed by atoms with van der Waals surface area (Å²) in [6.45, 7) is 6.43. The summed E-state index contributed by atoms with van der Waals surface area (Å²) in [4.78, 5) is 11.3. The van der Waals surface area contributed by atoms with Gasteiger partial charge >= 0.3 is 5.97 Å². The van der Waals surface area contributed by atoms with E-state index in [9.17, 15) is 4.79 Å². The Hall–Kier alpha value is 0.520. The van der Waals surface area contributed by atoms with Gasteiger partial charge in [0.15, 0.2) is 0 Å². The number of hydrogen-bond donors (Lipinski definition) is 0. The fraction of sp³-hybridized carbons (Fsp3) is 0.909. The fourth-order valence-corrected chi connectivity index (χ4v) is 5.20. The van der Waals surface area contributed by atoms with E-state index in [1.807, 2.05) is 24.6 Å². The normalized spacial score (nSPS) is 12.4. The Balaban J connectivity index is 3.27. The van der Waals surface area contributed by atoms with Gasteiger partial charge in [0, 0.05) is 5.75 Å². The molecule has 0 aromatic carbocycles. The molecule has 0 aliphatic carbocycles. The molecule has 0 bridgehead atoms. The Morgan fingerprint density at radius 3 is 2.62 bits per heavy atom. The number of ether oxygens (including phenoxy) is 1. The van der Waals surface area contributed by atoms with Crippen LogP contribution in [0.5, 0.6) is 0 Å². The Labute approximate surface area is 111 Å². The lowest BCUT2D eigenvalue weighted by molar-refractivity contribution is -0.142. The molecular weight excluding hydrogens is 260 g/mol. The zero-order valence-corrected chi connectivity index (χ0v) is 12.8. The minimum Gasteiger partial charge on any atom is -0.465 e. The summed E-state index contributed by atoms with van der Waals surface area (Å²) in [5.41, 5.74) is 0. The first-order valence-electron chi connectivity index (χ1n) is 5.83. The van der Waals surface area contributed by atoms with E-state index in [0.29, 0.717) is 6.61 Å². The number of hydrogen-bond acceptors (Lipinski definition) is 5. The molecule has 0 amide bonds. The lowest BCUT2D eigenvalue weighted by atomic mass is 10.2. The molecule has 0 rings (SSSR count). The molecule has 1 atom stereocenters. The smallest absolute Gasteiger partial charge is 0.319 e. The zero-order chi connectivity index (χ0) is 12.2. The third-order valence-corrected chi connectivity index (χ3v) is 6.51. The molecule has 0 aliphatic heterocycles. The van der Waals surface area contributed by atoms with E-state index >= 15 is 0 Å². The first-order valence-corrected chi connectivity index (χ1v) is 9.55. The minimum absolute atomic E-state index is 0.0620. The highest BCUT2D eigenvalue weighted by molar-refractivity contribution is 9.09. The van der Waals surface area contributed by atoms with Crippen LogP contribution in [0.2, 0.25) is 0 Å².